The molecule has 1 saturated heterocycles. The van der Waals surface area contributed by atoms with Crippen LogP contribution in [0, 0.1) is 5.92 Å². The zero-order valence-electron chi connectivity index (χ0n) is 16.8. The van der Waals surface area contributed by atoms with E-state index in [1.54, 1.807) is 0 Å². The van der Waals surface area contributed by atoms with Gasteiger partial charge in [0.1, 0.15) is 0 Å². The number of aromatic nitrogens is 1. The van der Waals surface area contributed by atoms with Crippen molar-refractivity contribution in [3.05, 3.63) is 62.3 Å². The summed E-state index contributed by atoms with van der Waals surface area (Å²) in [5, 5.41) is 0.800. The Balaban J connectivity index is 1.57. The molecular formula is C23H26BrClIN3O. The molecule has 1 N–H and O–H groups in total. The molecule has 2 aliphatic rings. The summed E-state index contributed by atoms with van der Waals surface area (Å²) in [6.45, 7) is 2.56. The minimum atomic E-state index is 0.267. The van der Waals surface area contributed by atoms with Crippen LogP contribution in [0.15, 0.2) is 34.9 Å². The molecule has 0 spiro atoms. The van der Waals surface area contributed by atoms with Crippen molar-refractivity contribution >= 4 is 56.3 Å². The van der Waals surface area contributed by atoms with Gasteiger partial charge in [0.2, 0.25) is 5.91 Å². The average Bonchev–Trinajstić information content (AvgIpc) is 2.90. The molecule has 160 valence electrons. The van der Waals surface area contributed by atoms with Crippen LogP contribution in [-0.4, -0.2) is 35.4 Å². The number of nitrogens with zero attached hydrogens (tertiary/aromatic N) is 2. The molecule has 1 aliphatic carbocycles. The molecule has 1 aromatic heterocycles. The van der Waals surface area contributed by atoms with E-state index in [0.29, 0.717) is 12.3 Å². The number of carbonyl (C=O) groups excluding carboxylic acids is 1. The minimum Gasteiger partial charge on any atom is -0.343 e. The van der Waals surface area contributed by atoms with Gasteiger partial charge in [0.25, 0.3) is 0 Å². The molecule has 0 radical (unpaired) electrons. The van der Waals surface area contributed by atoms with Gasteiger partial charge in [-0.15, -0.1) is 0 Å². The molecular weight excluding hydrogens is 577 g/mol. The van der Waals surface area contributed by atoms with Gasteiger partial charge in [-0.2, -0.15) is 0 Å². The minimum absolute atomic E-state index is 0.267. The zero-order chi connectivity index (χ0) is 21.1. The van der Waals surface area contributed by atoms with Crippen LogP contribution in [0.2, 0.25) is 5.02 Å². The summed E-state index contributed by atoms with van der Waals surface area (Å²) in [5.74, 6) is 1.04. The van der Waals surface area contributed by atoms with Crippen LogP contribution < -0.4 is 3.53 Å². The summed E-state index contributed by atoms with van der Waals surface area (Å²) in [5.41, 5.74) is 5.24. The number of nitrogens with one attached hydrogen (secondary N) is 1. The van der Waals surface area contributed by atoms with Gasteiger partial charge in [-0.3, -0.25) is 13.3 Å². The Hall–Kier alpha value is -0.700. The third-order valence-corrected chi connectivity index (χ3v) is 7.60. The molecule has 0 saturated carbocycles. The van der Waals surface area contributed by atoms with Crippen LogP contribution in [0.5, 0.6) is 0 Å². The van der Waals surface area contributed by atoms with E-state index in [-0.39, 0.29) is 11.8 Å². The zero-order valence-corrected chi connectivity index (χ0v) is 21.3. The van der Waals surface area contributed by atoms with Crippen molar-refractivity contribution in [1.82, 2.24) is 13.4 Å². The van der Waals surface area contributed by atoms with E-state index in [1.165, 1.54) is 22.4 Å². The first-order valence-corrected chi connectivity index (χ1v) is 12.9. The lowest BCUT2D eigenvalue weighted by Gasteiger charge is -2.37. The van der Waals surface area contributed by atoms with Crippen molar-refractivity contribution in [1.29, 1.82) is 0 Å². The summed E-state index contributed by atoms with van der Waals surface area (Å²) in [7, 11) is 0. The lowest BCUT2D eigenvalue weighted by atomic mass is 9.76. The topological polar surface area (TPSA) is 45.2 Å². The third-order valence-electron chi connectivity index (χ3n) is 6.39. The number of rotatable bonds is 5. The second kappa shape index (κ2) is 10.3. The number of halogens is 3. The van der Waals surface area contributed by atoms with Crippen LogP contribution >= 0.6 is 50.4 Å². The summed E-state index contributed by atoms with van der Waals surface area (Å²) in [6, 6.07) is 8.57. The number of benzene rings is 1. The first-order chi connectivity index (χ1) is 14.6. The van der Waals surface area contributed by atoms with Crippen LogP contribution in [-0.2, 0) is 17.6 Å². The molecule has 1 amide bonds. The molecule has 4 rings (SSSR count). The maximum Gasteiger partial charge on any atom is 0.222 e. The number of fused-ring (bicyclic) bond motifs is 2. The quantitative estimate of drug-likeness (QED) is 0.272. The van der Waals surface area contributed by atoms with Crippen LogP contribution in [0.3, 0.4) is 0 Å². The van der Waals surface area contributed by atoms with Gasteiger partial charge in [0.15, 0.2) is 0 Å². The summed E-state index contributed by atoms with van der Waals surface area (Å²) in [4.78, 5) is 19.5. The molecule has 1 aliphatic heterocycles. The number of hydrogen-bond donors (Lipinski definition) is 1. The number of hydrogen-bond acceptors (Lipinski definition) is 3. The molecule has 30 heavy (non-hydrogen) atoms. The van der Waals surface area contributed by atoms with Gasteiger partial charge in [0, 0.05) is 70.5 Å². The number of likely N-dealkylation sites (tertiary alicyclic amines) is 1. The summed E-state index contributed by atoms with van der Waals surface area (Å²) < 4.78 is 4.12. The Kier molecular flexibility index (Phi) is 7.71. The fraction of sp³-hybridized carbons (Fsp3) is 0.478. The first-order valence-electron chi connectivity index (χ1n) is 10.6. The highest BCUT2D eigenvalue weighted by Crippen LogP contribution is 2.43. The second-order valence-electron chi connectivity index (χ2n) is 8.22. The van der Waals surface area contributed by atoms with Crippen molar-refractivity contribution in [2.75, 3.05) is 19.6 Å². The molecule has 1 unspecified atom stereocenters. The van der Waals surface area contributed by atoms with E-state index in [4.69, 9.17) is 16.6 Å². The molecule has 0 bridgehead atoms. The standard InChI is InChI=1S/C23H26BrClIN3O/c24-18-12-17-4-3-16-13-19(25)5-6-20(16)22(23(17)27-14-18)15-7-10-29(11-8-15)21(30)2-1-9-28-26/h5-6,12-15,22,28H,1-4,7-11H2. The van der Waals surface area contributed by atoms with Gasteiger partial charge in [-0.1, -0.05) is 17.7 Å². The number of aryl methyl sites for hydroxylation is 2. The highest BCUT2D eigenvalue weighted by Gasteiger charge is 2.34. The Morgan fingerprint density at radius 3 is 2.77 bits per heavy atom. The Bertz CT molecular complexity index is 864. The summed E-state index contributed by atoms with van der Waals surface area (Å²) >= 11 is 12.1. The van der Waals surface area contributed by atoms with Gasteiger partial charge >= 0.3 is 0 Å². The van der Waals surface area contributed by atoms with Crippen LogP contribution in [0.1, 0.15) is 54.0 Å². The fourth-order valence-corrected chi connectivity index (χ4v) is 5.86. The van der Waals surface area contributed by atoms with E-state index in [2.05, 4.69) is 65.4 Å². The first kappa shape index (κ1) is 22.5. The molecule has 4 nitrogen and oxygen atoms in total. The van der Waals surface area contributed by atoms with Gasteiger partial charge < -0.3 is 4.90 Å². The molecule has 1 atom stereocenters. The van der Waals surface area contributed by atoms with E-state index >= 15 is 0 Å². The van der Waals surface area contributed by atoms with Crippen molar-refractivity contribution in [3.63, 3.8) is 0 Å². The number of piperidine rings is 1. The highest BCUT2D eigenvalue weighted by molar-refractivity contribution is 14.1. The maximum atomic E-state index is 12.5. The largest absolute Gasteiger partial charge is 0.343 e. The van der Waals surface area contributed by atoms with Crippen molar-refractivity contribution < 1.29 is 4.79 Å². The summed E-state index contributed by atoms with van der Waals surface area (Å²) in [6.07, 6.45) is 7.44. The molecule has 1 fully saturated rings. The smallest absolute Gasteiger partial charge is 0.222 e. The predicted octanol–water partition coefficient (Wildman–Crippen LogP) is 5.69. The van der Waals surface area contributed by atoms with Crippen LogP contribution in [0.4, 0.5) is 0 Å². The SMILES string of the molecule is O=C(CCCNI)N1CCC(C2c3ccc(Cl)cc3CCc3cc(Br)cnc32)CC1. The molecule has 7 heteroatoms. The van der Waals surface area contributed by atoms with Gasteiger partial charge in [-0.25, -0.2) is 0 Å². The van der Waals surface area contributed by atoms with E-state index < -0.39 is 0 Å². The van der Waals surface area contributed by atoms with Gasteiger partial charge in [0.05, 0.1) is 5.69 Å². The predicted molar refractivity (Wildman–Crippen MR) is 133 cm³/mol. The fourth-order valence-electron chi connectivity index (χ4n) is 4.91. The molecule has 1 aromatic carbocycles. The Labute approximate surface area is 205 Å². The number of pyridine rings is 1. The maximum absolute atomic E-state index is 12.5. The Morgan fingerprint density at radius 1 is 1.23 bits per heavy atom. The Morgan fingerprint density at radius 2 is 2.00 bits per heavy atom. The van der Waals surface area contributed by atoms with Crippen LogP contribution in [0.25, 0.3) is 0 Å². The van der Waals surface area contributed by atoms with Crippen molar-refractivity contribution in [3.8, 4) is 0 Å². The average molecular weight is 603 g/mol. The number of carbonyl (C=O) groups is 1. The van der Waals surface area contributed by atoms with E-state index in [9.17, 15) is 4.79 Å². The normalized spacial score (nSPS) is 19.2. The number of amides is 1. The molecule has 2 heterocycles. The van der Waals surface area contributed by atoms with E-state index in [1.807, 2.05) is 12.3 Å². The van der Waals surface area contributed by atoms with Crippen molar-refractivity contribution in [2.45, 2.75) is 44.4 Å². The van der Waals surface area contributed by atoms with E-state index in [0.717, 1.165) is 61.2 Å². The van der Waals surface area contributed by atoms with Crippen molar-refractivity contribution in [2.24, 2.45) is 5.92 Å². The molecule has 2 aromatic rings. The second-order valence-corrected chi connectivity index (χ2v) is 10.3. The lowest BCUT2D eigenvalue weighted by Crippen LogP contribution is -2.40. The third kappa shape index (κ3) is 5.03. The van der Waals surface area contributed by atoms with Gasteiger partial charge in [-0.05, 0) is 88.8 Å². The lowest BCUT2D eigenvalue weighted by molar-refractivity contribution is -0.132. The highest BCUT2D eigenvalue weighted by atomic mass is 127. The monoisotopic (exact) mass is 601 g/mol.